The van der Waals surface area contributed by atoms with E-state index < -0.39 is 6.17 Å². The SMILES string of the molecule is C[C@H](NC1CC(C(N)CCN)CC(NC2CNCCN2)N1)C1CCC(F)CC1. The van der Waals surface area contributed by atoms with Gasteiger partial charge in [-0.15, -0.1) is 0 Å². The molecule has 2 heterocycles. The zero-order valence-electron chi connectivity index (χ0n) is 17.4. The molecule has 2 aliphatic heterocycles. The Balaban J connectivity index is 1.56. The molecule has 0 amide bonds. The van der Waals surface area contributed by atoms with Gasteiger partial charge < -0.3 is 16.8 Å². The fourth-order valence-corrected chi connectivity index (χ4v) is 5.14. The summed E-state index contributed by atoms with van der Waals surface area (Å²) in [6, 6.07) is 0.514. The number of halogens is 1. The van der Waals surface area contributed by atoms with Crippen LogP contribution in [0.25, 0.3) is 0 Å². The number of rotatable bonds is 8. The van der Waals surface area contributed by atoms with Crippen LogP contribution in [0, 0.1) is 11.8 Å². The van der Waals surface area contributed by atoms with E-state index in [1.165, 1.54) is 0 Å². The quantitative estimate of drug-likeness (QED) is 0.306. The molecule has 6 atom stereocenters. The second-order valence-electron chi connectivity index (χ2n) is 9.09. The summed E-state index contributed by atoms with van der Waals surface area (Å²) in [5.41, 5.74) is 12.2. The first kappa shape index (κ1) is 22.3. The van der Waals surface area contributed by atoms with E-state index in [0.29, 0.717) is 37.3 Å². The lowest BCUT2D eigenvalue weighted by Crippen LogP contribution is -2.66. The van der Waals surface area contributed by atoms with Gasteiger partial charge in [-0.3, -0.25) is 21.3 Å². The molecule has 5 unspecified atom stereocenters. The van der Waals surface area contributed by atoms with E-state index in [9.17, 15) is 4.39 Å². The second kappa shape index (κ2) is 11.2. The van der Waals surface area contributed by atoms with E-state index in [4.69, 9.17) is 11.5 Å². The van der Waals surface area contributed by atoms with Gasteiger partial charge in [0.15, 0.2) is 0 Å². The predicted octanol–water partition coefficient (Wildman–Crippen LogP) is -0.0708. The smallest absolute Gasteiger partial charge is 0.100 e. The number of alkyl halides is 1. The third kappa shape index (κ3) is 6.58. The first-order chi connectivity index (χ1) is 13.5. The Kier molecular flexibility index (Phi) is 8.90. The van der Waals surface area contributed by atoms with Crippen LogP contribution in [0.5, 0.6) is 0 Å². The van der Waals surface area contributed by atoms with E-state index in [1.807, 2.05) is 0 Å². The Morgan fingerprint density at radius 3 is 2.46 bits per heavy atom. The van der Waals surface area contributed by atoms with Crippen LogP contribution in [-0.2, 0) is 0 Å². The minimum absolute atomic E-state index is 0.135. The Labute approximate surface area is 169 Å². The first-order valence-electron chi connectivity index (χ1n) is 11.4. The summed E-state index contributed by atoms with van der Waals surface area (Å²) in [6.07, 6.45) is 6.39. The van der Waals surface area contributed by atoms with Crippen LogP contribution in [-0.4, -0.2) is 62.9 Å². The molecule has 1 aliphatic carbocycles. The number of nitrogens with one attached hydrogen (secondary N) is 5. The van der Waals surface area contributed by atoms with Crippen LogP contribution in [0.1, 0.15) is 51.9 Å². The van der Waals surface area contributed by atoms with E-state index in [1.54, 1.807) is 0 Å². The molecule has 0 spiro atoms. The monoisotopic (exact) mass is 399 g/mol. The fourth-order valence-electron chi connectivity index (χ4n) is 5.14. The van der Waals surface area contributed by atoms with Crippen molar-refractivity contribution >= 4 is 0 Å². The van der Waals surface area contributed by atoms with Crippen LogP contribution in [0.15, 0.2) is 0 Å². The van der Waals surface area contributed by atoms with Crippen LogP contribution >= 0.6 is 0 Å². The lowest BCUT2D eigenvalue weighted by molar-refractivity contribution is 0.125. The third-order valence-corrected chi connectivity index (χ3v) is 6.90. The van der Waals surface area contributed by atoms with Gasteiger partial charge in [0.05, 0.1) is 18.5 Å². The number of nitrogens with two attached hydrogens (primary N) is 2. The number of piperazine rings is 1. The van der Waals surface area contributed by atoms with Crippen molar-refractivity contribution in [3.8, 4) is 0 Å². The molecule has 1 saturated carbocycles. The van der Waals surface area contributed by atoms with Crippen molar-refractivity contribution in [2.45, 2.75) is 88.6 Å². The molecule has 0 radical (unpaired) electrons. The van der Waals surface area contributed by atoms with E-state index in [2.05, 4.69) is 33.5 Å². The Morgan fingerprint density at radius 2 is 1.79 bits per heavy atom. The van der Waals surface area contributed by atoms with Crippen molar-refractivity contribution in [1.29, 1.82) is 0 Å². The van der Waals surface area contributed by atoms with Gasteiger partial charge in [-0.25, -0.2) is 4.39 Å². The molecular weight excluding hydrogens is 357 g/mol. The summed E-state index contributed by atoms with van der Waals surface area (Å²) in [6.45, 7) is 5.82. The van der Waals surface area contributed by atoms with Crippen molar-refractivity contribution in [1.82, 2.24) is 26.6 Å². The zero-order chi connectivity index (χ0) is 19.9. The first-order valence-corrected chi connectivity index (χ1v) is 11.4. The molecule has 2 saturated heterocycles. The van der Waals surface area contributed by atoms with Crippen molar-refractivity contribution in [3.05, 3.63) is 0 Å². The molecule has 0 aromatic carbocycles. The van der Waals surface area contributed by atoms with Crippen molar-refractivity contribution in [3.63, 3.8) is 0 Å². The zero-order valence-corrected chi connectivity index (χ0v) is 17.4. The normalized spacial score (nSPS) is 39.4. The van der Waals surface area contributed by atoms with Gasteiger partial charge in [-0.05, 0) is 70.3 Å². The van der Waals surface area contributed by atoms with Gasteiger partial charge in [0, 0.05) is 31.7 Å². The molecule has 8 heteroatoms. The molecule has 0 aromatic heterocycles. The van der Waals surface area contributed by atoms with Crippen LogP contribution in [0.2, 0.25) is 0 Å². The van der Waals surface area contributed by atoms with Crippen molar-refractivity contribution in [2.24, 2.45) is 23.3 Å². The van der Waals surface area contributed by atoms with Gasteiger partial charge in [-0.1, -0.05) is 0 Å². The highest BCUT2D eigenvalue weighted by molar-refractivity contribution is 4.91. The maximum Gasteiger partial charge on any atom is 0.100 e. The summed E-state index contributed by atoms with van der Waals surface area (Å²) in [4.78, 5) is 0. The van der Waals surface area contributed by atoms with Crippen molar-refractivity contribution in [2.75, 3.05) is 26.2 Å². The van der Waals surface area contributed by atoms with E-state index >= 15 is 0 Å². The highest BCUT2D eigenvalue weighted by atomic mass is 19.1. The van der Waals surface area contributed by atoms with Gasteiger partial charge >= 0.3 is 0 Å². The summed E-state index contributed by atoms with van der Waals surface area (Å²) in [7, 11) is 0. The molecule has 7 nitrogen and oxygen atoms in total. The van der Waals surface area contributed by atoms with Crippen LogP contribution in [0.3, 0.4) is 0 Å². The van der Waals surface area contributed by atoms with Gasteiger partial charge in [0.2, 0.25) is 0 Å². The molecule has 3 aliphatic rings. The Morgan fingerprint density at radius 1 is 1.04 bits per heavy atom. The Bertz CT molecular complexity index is 440. The highest BCUT2D eigenvalue weighted by Crippen LogP contribution is 2.29. The molecule has 0 aromatic rings. The molecule has 9 N–H and O–H groups in total. The summed E-state index contributed by atoms with van der Waals surface area (Å²) in [5, 5.41) is 18.2. The lowest BCUT2D eigenvalue weighted by atomic mass is 9.82. The molecule has 28 heavy (non-hydrogen) atoms. The minimum atomic E-state index is -0.597. The number of hydrogen-bond acceptors (Lipinski definition) is 7. The maximum atomic E-state index is 13.5. The molecule has 3 fully saturated rings. The van der Waals surface area contributed by atoms with E-state index in [0.717, 1.165) is 51.7 Å². The highest BCUT2D eigenvalue weighted by Gasteiger charge is 2.34. The summed E-state index contributed by atoms with van der Waals surface area (Å²) >= 11 is 0. The topological polar surface area (TPSA) is 112 Å². The standard InChI is InChI=1S/C20H42FN7/c1-13(14-2-4-16(21)5-3-14)26-18-10-15(17(23)6-7-22)11-19(27-18)28-20-12-24-8-9-25-20/h13-20,24-28H,2-12,22-23H2,1H3/t13-,14?,15?,16?,17?,18?,19?,20?/m0/s1. The van der Waals surface area contributed by atoms with Gasteiger partial charge in [0.25, 0.3) is 0 Å². The van der Waals surface area contributed by atoms with Crippen LogP contribution in [0.4, 0.5) is 4.39 Å². The lowest BCUT2D eigenvalue weighted by Gasteiger charge is -2.43. The minimum Gasteiger partial charge on any atom is -0.330 e. The average Bonchev–Trinajstić information content (AvgIpc) is 2.69. The Hall–Kier alpha value is -0.350. The van der Waals surface area contributed by atoms with Crippen LogP contribution < -0.4 is 38.1 Å². The predicted molar refractivity (Wildman–Crippen MR) is 112 cm³/mol. The second-order valence-corrected chi connectivity index (χ2v) is 9.09. The van der Waals surface area contributed by atoms with Gasteiger partial charge in [-0.2, -0.15) is 0 Å². The third-order valence-electron chi connectivity index (χ3n) is 6.90. The average molecular weight is 400 g/mol. The molecular formula is C20H42FN7. The number of piperidine rings is 1. The van der Waals surface area contributed by atoms with Crippen molar-refractivity contribution < 1.29 is 4.39 Å². The summed E-state index contributed by atoms with van der Waals surface area (Å²) < 4.78 is 13.5. The van der Waals surface area contributed by atoms with Gasteiger partial charge in [0.1, 0.15) is 6.17 Å². The largest absolute Gasteiger partial charge is 0.330 e. The molecule has 3 rings (SSSR count). The maximum absolute atomic E-state index is 13.5. The number of hydrogen-bond donors (Lipinski definition) is 7. The molecule has 164 valence electrons. The molecule has 0 bridgehead atoms. The summed E-state index contributed by atoms with van der Waals surface area (Å²) in [5.74, 6) is 0.993. The van der Waals surface area contributed by atoms with E-state index in [-0.39, 0.29) is 24.5 Å². The fraction of sp³-hybridized carbons (Fsp3) is 1.00.